The molecule has 0 saturated carbocycles. The van der Waals surface area contributed by atoms with Crippen molar-refractivity contribution in [2.75, 3.05) is 11.3 Å². The Morgan fingerprint density at radius 1 is 1.12 bits per heavy atom. The summed E-state index contributed by atoms with van der Waals surface area (Å²) in [5.74, 6) is 1.22. The Bertz CT molecular complexity index is 1230. The first-order valence-electron chi connectivity index (χ1n) is 10.5. The summed E-state index contributed by atoms with van der Waals surface area (Å²) in [7, 11) is -1.97. The summed E-state index contributed by atoms with van der Waals surface area (Å²) in [6.07, 6.45) is 1.75. The third kappa shape index (κ3) is 4.53. The van der Waals surface area contributed by atoms with Crippen molar-refractivity contribution >= 4 is 27.3 Å². The Kier molecular flexibility index (Phi) is 6.04. The van der Waals surface area contributed by atoms with Crippen LogP contribution in [0.2, 0.25) is 5.02 Å². The lowest BCUT2D eigenvalue weighted by Gasteiger charge is -2.19. The maximum Gasteiger partial charge on any atom is 0.261 e. The zero-order valence-corrected chi connectivity index (χ0v) is 20.2. The summed E-state index contributed by atoms with van der Waals surface area (Å²) >= 11 is 6.24. The summed E-state index contributed by atoms with van der Waals surface area (Å²) in [6, 6.07) is 11.9. The van der Waals surface area contributed by atoms with Crippen LogP contribution in [0.5, 0.6) is 0 Å². The Morgan fingerprint density at radius 3 is 2.47 bits per heavy atom. The molecule has 1 unspecified atom stereocenters. The molecule has 0 aliphatic carbocycles. The van der Waals surface area contributed by atoms with Crippen LogP contribution in [0, 0.1) is 0 Å². The standard InChI is InChI=1S/C23H27ClN4O3S/c1-23(2,3)15-7-10-17(11-8-15)32(29,30)27-19-12-9-16(24)14-18(19)21-25-26-22(28(21)4)20-6-5-13-31-20/h7-12,14,20,27H,5-6,13H2,1-4H3. The molecule has 32 heavy (non-hydrogen) atoms. The quantitative estimate of drug-likeness (QED) is 0.556. The van der Waals surface area contributed by atoms with Gasteiger partial charge in [0.25, 0.3) is 10.0 Å². The monoisotopic (exact) mass is 474 g/mol. The van der Waals surface area contributed by atoms with Crippen LogP contribution in [0.25, 0.3) is 11.4 Å². The molecule has 1 fully saturated rings. The zero-order chi connectivity index (χ0) is 23.1. The van der Waals surface area contributed by atoms with Gasteiger partial charge in [-0.2, -0.15) is 0 Å². The fourth-order valence-electron chi connectivity index (χ4n) is 3.77. The minimum Gasteiger partial charge on any atom is -0.370 e. The number of halogens is 1. The molecule has 7 nitrogen and oxygen atoms in total. The smallest absolute Gasteiger partial charge is 0.261 e. The molecule has 9 heteroatoms. The maximum absolute atomic E-state index is 13.1. The molecule has 1 aromatic heterocycles. The molecular formula is C23H27ClN4O3S. The highest BCUT2D eigenvalue weighted by Crippen LogP contribution is 2.34. The van der Waals surface area contributed by atoms with Gasteiger partial charge in [-0.3, -0.25) is 4.72 Å². The van der Waals surface area contributed by atoms with Crippen LogP contribution in [0.15, 0.2) is 47.4 Å². The van der Waals surface area contributed by atoms with Crippen molar-refractivity contribution < 1.29 is 13.2 Å². The Labute approximate surface area is 193 Å². The molecule has 1 aliphatic rings. The second-order valence-corrected chi connectivity index (χ2v) is 11.1. The van der Waals surface area contributed by atoms with Crippen molar-refractivity contribution in [3.8, 4) is 11.4 Å². The first-order valence-corrected chi connectivity index (χ1v) is 12.4. The van der Waals surface area contributed by atoms with E-state index in [0.29, 0.717) is 34.5 Å². The molecule has 4 rings (SSSR count). The van der Waals surface area contributed by atoms with Gasteiger partial charge in [0.05, 0.1) is 10.6 Å². The number of ether oxygens (including phenoxy) is 1. The number of rotatable bonds is 5. The van der Waals surface area contributed by atoms with Crippen LogP contribution in [-0.2, 0) is 27.2 Å². The molecule has 1 saturated heterocycles. The van der Waals surface area contributed by atoms with E-state index in [1.54, 1.807) is 30.3 Å². The van der Waals surface area contributed by atoms with Crippen LogP contribution in [0.3, 0.4) is 0 Å². The van der Waals surface area contributed by atoms with E-state index in [1.807, 2.05) is 23.7 Å². The number of aromatic nitrogens is 3. The van der Waals surface area contributed by atoms with Crippen molar-refractivity contribution in [2.24, 2.45) is 7.05 Å². The number of nitrogens with one attached hydrogen (secondary N) is 1. The number of hydrogen-bond acceptors (Lipinski definition) is 5. The van der Waals surface area contributed by atoms with Crippen LogP contribution in [0.4, 0.5) is 5.69 Å². The highest BCUT2D eigenvalue weighted by atomic mass is 35.5. The first-order chi connectivity index (χ1) is 15.1. The third-order valence-electron chi connectivity index (χ3n) is 5.62. The number of anilines is 1. The molecule has 1 atom stereocenters. The van der Waals surface area contributed by atoms with E-state index < -0.39 is 10.0 Å². The highest BCUT2D eigenvalue weighted by molar-refractivity contribution is 7.92. The van der Waals surface area contributed by atoms with E-state index in [1.165, 1.54) is 0 Å². The van der Waals surface area contributed by atoms with Gasteiger partial charge in [0.2, 0.25) is 0 Å². The second-order valence-electron chi connectivity index (χ2n) is 9.01. The third-order valence-corrected chi connectivity index (χ3v) is 7.24. The van der Waals surface area contributed by atoms with E-state index in [2.05, 4.69) is 35.7 Å². The summed E-state index contributed by atoms with van der Waals surface area (Å²) in [4.78, 5) is 0.185. The number of nitrogens with zero attached hydrogens (tertiary/aromatic N) is 3. The molecule has 170 valence electrons. The van der Waals surface area contributed by atoms with E-state index in [0.717, 1.165) is 18.4 Å². The van der Waals surface area contributed by atoms with Gasteiger partial charge in [-0.25, -0.2) is 8.42 Å². The average Bonchev–Trinajstić information content (AvgIpc) is 3.38. The van der Waals surface area contributed by atoms with E-state index >= 15 is 0 Å². The second kappa shape index (κ2) is 8.50. The van der Waals surface area contributed by atoms with Crippen LogP contribution >= 0.6 is 11.6 Å². The van der Waals surface area contributed by atoms with Crippen molar-refractivity contribution in [3.63, 3.8) is 0 Å². The molecule has 2 aromatic carbocycles. The van der Waals surface area contributed by atoms with Gasteiger partial charge in [0.15, 0.2) is 11.6 Å². The summed E-state index contributed by atoms with van der Waals surface area (Å²) in [6.45, 7) is 6.95. The Morgan fingerprint density at radius 2 is 1.84 bits per heavy atom. The lowest BCUT2D eigenvalue weighted by Crippen LogP contribution is -2.15. The summed E-state index contributed by atoms with van der Waals surface area (Å²) in [5, 5.41) is 9.08. The highest BCUT2D eigenvalue weighted by Gasteiger charge is 2.26. The van der Waals surface area contributed by atoms with Crippen molar-refractivity contribution in [1.29, 1.82) is 0 Å². The number of hydrogen-bond donors (Lipinski definition) is 1. The van der Waals surface area contributed by atoms with Crippen molar-refractivity contribution in [1.82, 2.24) is 14.8 Å². The molecule has 1 aliphatic heterocycles. The normalized spacial score (nSPS) is 17.0. The lowest BCUT2D eigenvalue weighted by molar-refractivity contribution is 0.102. The summed E-state index contributed by atoms with van der Waals surface area (Å²) in [5.41, 5.74) is 1.92. The molecule has 0 bridgehead atoms. The van der Waals surface area contributed by atoms with Crippen LogP contribution in [0.1, 0.15) is 51.1 Å². The van der Waals surface area contributed by atoms with E-state index in [9.17, 15) is 8.42 Å². The van der Waals surface area contributed by atoms with Gasteiger partial charge in [-0.1, -0.05) is 44.5 Å². The largest absolute Gasteiger partial charge is 0.370 e. The lowest BCUT2D eigenvalue weighted by atomic mass is 9.87. The first kappa shape index (κ1) is 22.8. The predicted octanol–water partition coefficient (Wildman–Crippen LogP) is 5.09. The number of benzene rings is 2. The van der Waals surface area contributed by atoms with Gasteiger partial charge in [-0.15, -0.1) is 10.2 Å². The Hall–Kier alpha value is -2.42. The van der Waals surface area contributed by atoms with Gasteiger partial charge in [-0.05, 0) is 54.2 Å². The molecular weight excluding hydrogens is 448 g/mol. The molecule has 0 spiro atoms. The van der Waals surface area contributed by atoms with Crippen LogP contribution in [-0.4, -0.2) is 29.8 Å². The molecule has 0 radical (unpaired) electrons. The van der Waals surface area contributed by atoms with E-state index in [-0.39, 0.29) is 16.4 Å². The fraction of sp³-hybridized carbons (Fsp3) is 0.391. The zero-order valence-electron chi connectivity index (χ0n) is 18.6. The van der Waals surface area contributed by atoms with Crippen molar-refractivity contribution in [2.45, 2.75) is 50.0 Å². The molecule has 3 aromatic rings. The maximum atomic E-state index is 13.1. The minimum atomic E-state index is -3.82. The van der Waals surface area contributed by atoms with Gasteiger partial charge < -0.3 is 9.30 Å². The minimum absolute atomic E-state index is 0.0645. The molecule has 0 amide bonds. The van der Waals surface area contributed by atoms with Crippen LogP contribution < -0.4 is 4.72 Å². The summed E-state index contributed by atoms with van der Waals surface area (Å²) < 4.78 is 36.5. The van der Waals surface area contributed by atoms with E-state index in [4.69, 9.17) is 16.3 Å². The molecule has 1 N–H and O–H groups in total. The topological polar surface area (TPSA) is 86.1 Å². The van der Waals surface area contributed by atoms with Crippen molar-refractivity contribution in [3.05, 3.63) is 58.9 Å². The fourth-order valence-corrected chi connectivity index (χ4v) is 5.02. The molecule has 2 heterocycles. The number of sulfonamides is 1. The van der Waals surface area contributed by atoms with Gasteiger partial charge >= 0.3 is 0 Å². The average molecular weight is 475 g/mol. The predicted molar refractivity (Wildman–Crippen MR) is 125 cm³/mol. The Balaban J connectivity index is 1.69. The SMILES string of the molecule is Cn1c(-c2cc(Cl)ccc2NS(=O)(=O)c2ccc(C(C)(C)C)cc2)nnc1C1CCCO1. The van der Waals surface area contributed by atoms with Gasteiger partial charge in [0.1, 0.15) is 6.10 Å². The van der Waals surface area contributed by atoms with Gasteiger partial charge in [0, 0.05) is 24.2 Å².